The Hall–Kier alpha value is -1.69. The van der Waals surface area contributed by atoms with Gasteiger partial charge in [-0.05, 0) is 21.9 Å². The number of hydrogen-bond donors (Lipinski definition) is 2. The fourth-order valence-corrected chi connectivity index (χ4v) is 1.22. The number of nitro groups is 1. The molecular formula is C10H15N3O3. The summed E-state index contributed by atoms with van der Waals surface area (Å²) in [6.07, 6.45) is 1.39. The van der Waals surface area contributed by atoms with E-state index in [1.54, 1.807) is 6.07 Å². The summed E-state index contributed by atoms with van der Waals surface area (Å²) in [6, 6.07) is 2.83. The molecule has 1 aromatic heterocycles. The summed E-state index contributed by atoms with van der Waals surface area (Å²) in [5.74, 6) is 0.0795. The van der Waals surface area contributed by atoms with Crippen molar-refractivity contribution in [2.45, 2.75) is 19.9 Å². The highest BCUT2D eigenvalue weighted by molar-refractivity contribution is 5.44. The number of aliphatic hydroxyl groups is 1. The zero-order chi connectivity index (χ0) is 12.1. The Morgan fingerprint density at radius 2 is 2.25 bits per heavy atom. The van der Waals surface area contributed by atoms with Gasteiger partial charge in [0.1, 0.15) is 0 Å². The van der Waals surface area contributed by atoms with Gasteiger partial charge in [-0.2, -0.15) is 0 Å². The van der Waals surface area contributed by atoms with Gasteiger partial charge in [0.25, 0.3) is 0 Å². The molecule has 0 saturated heterocycles. The van der Waals surface area contributed by atoms with Gasteiger partial charge in [-0.25, -0.2) is 0 Å². The van der Waals surface area contributed by atoms with E-state index in [9.17, 15) is 10.1 Å². The minimum atomic E-state index is -0.546. The smallest absolute Gasteiger partial charge is 0.363 e. The largest absolute Gasteiger partial charge is 0.394 e. The molecule has 6 nitrogen and oxygen atoms in total. The monoisotopic (exact) mass is 225 g/mol. The summed E-state index contributed by atoms with van der Waals surface area (Å²) in [4.78, 5) is 13.5. The van der Waals surface area contributed by atoms with Crippen LogP contribution in [0.1, 0.15) is 13.8 Å². The molecule has 0 amide bonds. The summed E-state index contributed by atoms with van der Waals surface area (Å²) in [5.41, 5.74) is 0.665. The normalized spacial score (nSPS) is 12.5. The molecule has 0 aliphatic heterocycles. The van der Waals surface area contributed by atoms with Crippen molar-refractivity contribution in [3.05, 3.63) is 28.4 Å². The number of pyridine rings is 1. The third-order valence-corrected chi connectivity index (χ3v) is 2.29. The molecule has 0 bridgehead atoms. The molecule has 1 aromatic rings. The van der Waals surface area contributed by atoms with Crippen molar-refractivity contribution in [1.82, 2.24) is 4.98 Å². The van der Waals surface area contributed by atoms with Crippen LogP contribution >= 0.6 is 0 Å². The molecule has 2 N–H and O–H groups in total. The number of rotatable bonds is 5. The lowest BCUT2D eigenvalue weighted by Crippen LogP contribution is -2.29. The van der Waals surface area contributed by atoms with Crippen molar-refractivity contribution in [3.8, 4) is 0 Å². The van der Waals surface area contributed by atoms with Gasteiger partial charge in [0.05, 0.1) is 18.3 Å². The second-order valence-electron chi connectivity index (χ2n) is 3.84. The average molecular weight is 225 g/mol. The van der Waals surface area contributed by atoms with E-state index in [1.807, 2.05) is 13.8 Å². The second kappa shape index (κ2) is 5.41. The summed E-state index contributed by atoms with van der Waals surface area (Å²) in [6.45, 7) is 3.97. The van der Waals surface area contributed by atoms with E-state index in [1.165, 1.54) is 12.3 Å². The van der Waals surface area contributed by atoms with Crippen LogP contribution in [0.2, 0.25) is 0 Å². The van der Waals surface area contributed by atoms with Gasteiger partial charge in [0.2, 0.25) is 0 Å². The third kappa shape index (κ3) is 3.16. The van der Waals surface area contributed by atoms with E-state index in [-0.39, 0.29) is 24.4 Å². The molecule has 0 aliphatic rings. The number of aliphatic hydroxyl groups excluding tert-OH is 1. The molecule has 0 spiro atoms. The number of anilines is 1. The van der Waals surface area contributed by atoms with Crippen LogP contribution in [-0.2, 0) is 0 Å². The molecule has 0 radical (unpaired) electrons. The first-order chi connectivity index (χ1) is 7.54. The quantitative estimate of drug-likeness (QED) is 0.584. The average Bonchev–Trinajstić information content (AvgIpc) is 2.26. The van der Waals surface area contributed by atoms with Gasteiger partial charge < -0.3 is 20.5 Å². The van der Waals surface area contributed by atoms with E-state index >= 15 is 0 Å². The molecule has 0 saturated carbocycles. The van der Waals surface area contributed by atoms with Crippen LogP contribution < -0.4 is 5.32 Å². The predicted molar refractivity (Wildman–Crippen MR) is 60.2 cm³/mol. The third-order valence-electron chi connectivity index (χ3n) is 2.29. The molecule has 0 fully saturated rings. The zero-order valence-corrected chi connectivity index (χ0v) is 9.25. The van der Waals surface area contributed by atoms with E-state index < -0.39 is 4.92 Å². The number of nitrogens with zero attached hydrogens (tertiary/aromatic N) is 2. The van der Waals surface area contributed by atoms with E-state index in [0.717, 1.165) is 0 Å². The summed E-state index contributed by atoms with van der Waals surface area (Å²) in [7, 11) is 0. The Morgan fingerprint density at radius 3 is 2.62 bits per heavy atom. The van der Waals surface area contributed by atoms with Gasteiger partial charge in [0.15, 0.2) is 6.20 Å². The highest BCUT2D eigenvalue weighted by atomic mass is 16.6. The van der Waals surface area contributed by atoms with Gasteiger partial charge in [-0.15, -0.1) is 0 Å². The van der Waals surface area contributed by atoms with Crippen molar-refractivity contribution in [1.29, 1.82) is 0 Å². The van der Waals surface area contributed by atoms with Crippen LogP contribution in [0.25, 0.3) is 0 Å². The molecular weight excluding hydrogens is 210 g/mol. The molecule has 1 unspecified atom stereocenters. The lowest BCUT2D eigenvalue weighted by Gasteiger charge is -2.20. The summed E-state index contributed by atoms with van der Waals surface area (Å²) < 4.78 is 0. The van der Waals surface area contributed by atoms with Crippen LogP contribution in [0.5, 0.6) is 0 Å². The number of aromatic nitrogens is 1. The zero-order valence-electron chi connectivity index (χ0n) is 9.25. The fraction of sp³-hybridized carbons (Fsp3) is 0.500. The van der Waals surface area contributed by atoms with Gasteiger partial charge >= 0.3 is 5.82 Å². The molecule has 1 heterocycles. The molecule has 16 heavy (non-hydrogen) atoms. The van der Waals surface area contributed by atoms with Gasteiger partial charge in [0, 0.05) is 6.07 Å². The van der Waals surface area contributed by atoms with Crippen molar-refractivity contribution >= 4 is 11.5 Å². The van der Waals surface area contributed by atoms with E-state index in [0.29, 0.717) is 5.69 Å². The highest BCUT2D eigenvalue weighted by Crippen LogP contribution is 2.14. The standard InChI is InChI=1S/C10H15N3O3/c1-7(2)9(6-14)12-8-3-4-10(11-5-8)13(15)16/h3-5,7,9,12,14H,6H2,1-2H3. The number of hydrogen-bond acceptors (Lipinski definition) is 5. The van der Waals surface area contributed by atoms with Crippen molar-refractivity contribution < 1.29 is 10.0 Å². The van der Waals surface area contributed by atoms with Gasteiger partial charge in [-0.1, -0.05) is 13.8 Å². The predicted octanol–water partition coefficient (Wildman–Crippen LogP) is 1.42. The van der Waals surface area contributed by atoms with Crippen molar-refractivity contribution in [2.75, 3.05) is 11.9 Å². The van der Waals surface area contributed by atoms with E-state index in [2.05, 4.69) is 10.3 Å². The molecule has 1 atom stereocenters. The minimum Gasteiger partial charge on any atom is -0.394 e. The maximum Gasteiger partial charge on any atom is 0.363 e. The van der Waals surface area contributed by atoms with Crippen LogP contribution in [0.15, 0.2) is 18.3 Å². The van der Waals surface area contributed by atoms with Crippen LogP contribution in [0.4, 0.5) is 11.5 Å². The summed E-state index contributed by atoms with van der Waals surface area (Å²) in [5, 5.41) is 22.6. The molecule has 88 valence electrons. The minimum absolute atomic E-state index is 0.00859. The lowest BCUT2D eigenvalue weighted by atomic mass is 10.1. The second-order valence-corrected chi connectivity index (χ2v) is 3.84. The van der Waals surface area contributed by atoms with Crippen LogP contribution in [0, 0.1) is 16.0 Å². The Labute approximate surface area is 93.5 Å². The van der Waals surface area contributed by atoms with Crippen LogP contribution in [0.3, 0.4) is 0 Å². The first-order valence-electron chi connectivity index (χ1n) is 5.02. The highest BCUT2D eigenvalue weighted by Gasteiger charge is 2.13. The Balaban J connectivity index is 2.71. The Kier molecular flexibility index (Phi) is 4.19. The van der Waals surface area contributed by atoms with E-state index in [4.69, 9.17) is 5.11 Å². The Morgan fingerprint density at radius 1 is 1.56 bits per heavy atom. The topological polar surface area (TPSA) is 88.3 Å². The van der Waals surface area contributed by atoms with Crippen molar-refractivity contribution in [2.24, 2.45) is 5.92 Å². The molecule has 0 aliphatic carbocycles. The lowest BCUT2D eigenvalue weighted by molar-refractivity contribution is -0.389. The van der Waals surface area contributed by atoms with Gasteiger partial charge in [-0.3, -0.25) is 0 Å². The first-order valence-corrected chi connectivity index (χ1v) is 5.02. The fourth-order valence-electron chi connectivity index (χ4n) is 1.22. The molecule has 6 heteroatoms. The SMILES string of the molecule is CC(C)C(CO)Nc1ccc([N+](=O)[O-])nc1. The summed E-state index contributed by atoms with van der Waals surface area (Å²) >= 11 is 0. The maximum atomic E-state index is 10.4. The molecule has 0 aromatic carbocycles. The molecule has 1 rings (SSSR count). The number of nitrogens with one attached hydrogen (secondary N) is 1. The van der Waals surface area contributed by atoms with Crippen molar-refractivity contribution in [3.63, 3.8) is 0 Å². The maximum absolute atomic E-state index is 10.4. The first kappa shape index (κ1) is 12.4. The Bertz CT molecular complexity index is 351. The van der Waals surface area contributed by atoms with Crippen LogP contribution in [-0.4, -0.2) is 27.7 Å².